The van der Waals surface area contributed by atoms with Gasteiger partial charge in [0.15, 0.2) is 0 Å². The van der Waals surface area contributed by atoms with Crippen LogP contribution < -0.4 is 0 Å². The van der Waals surface area contributed by atoms with E-state index < -0.39 is 21.4 Å². The Bertz CT molecular complexity index is 657. The summed E-state index contributed by atoms with van der Waals surface area (Å²) in [6, 6.07) is 1.86. The summed E-state index contributed by atoms with van der Waals surface area (Å²) in [5.74, 6) is -1.06. The highest BCUT2D eigenvalue weighted by molar-refractivity contribution is 7.89. The molecule has 2 aliphatic heterocycles. The van der Waals surface area contributed by atoms with Gasteiger partial charge in [0.05, 0.1) is 23.7 Å². The van der Waals surface area contributed by atoms with Gasteiger partial charge in [-0.15, -0.1) is 0 Å². The lowest BCUT2D eigenvalue weighted by Crippen LogP contribution is -2.42. The van der Waals surface area contributed by atoms with Gasteiger partial charge in [-0.25, -0.2) is 12.7 Å². The van der Waals surface area contributed by atoms with Crippen molar-refractivity contribution in [3.8, 4) is 0 Å². The van der Waals surface area contributed by atoms with E-state index in [0.717, 1.165) is 5.56 Å². The van der Waals surface area contributed by atoms with Gasteiger partial charge in [-0.2, -0.15) is 0 Å². The molecule has 3 rings (SSSR count). The molecule has 0 amide bonds. The molecule has 1 aromatic heterocycles. The minimum atomic E-state index is -3.34. The van der Waals surface area contributed by atoms with Gasteiger partial charge in [0.25, 0.3) is 0 Å². The van der Waals surface area contributed by atoms with Crippen LogP contribution in [0.1, 0.15) is 12.5 Å². The van der Waals surface area contributed by atoms with Crippen molar-refractivity contribution in [2.75, 3.05) is 31.9 Å². The molecule has 1 N–H and O–H groups in total. The fourth-order valence-corrected chi connectivity index (χ4v) is 4.78. The summed E-state index contributed by atoms with van der Waals surface area (Å²) in [4.78, 5) is 13.9. The topological polar surface area (TPSA) is 91.1 Å². The van der Waals surface area contributed by atoms with Gasteiger partial charge in [-0.3, -0.25) is 9.69 Å². The third kappa shape index (κ3) is 2.45. The molecule has 0 spiro atoms. The maximum atomic E-state index is 12.0. The number of carboxylic acids is 1. The Balaban J connectivity index is 1.78. The molecule has 7 nitrogen and oxygen atoms in total. The van der Waals surface area contributed by atoms with E-state index in [4.69, 9.17) is 4.42 Å². The number of rotatable bonds is 5. The van der Waals surface area contributed by atoms with Crippen LogP contribution in [0.4, 0.5) is 0 Å². The van der Waals surface area contributed by atoms with Crippen molar-refractivity contribution in [2.45, 2.75) is 13.5 Å². The van der Waals surface area contributed by atoms with Crippen LogP contribution in [0.3, 0.4) is 0 Å². The molecule has 2 saturated heterocycles. The van der Waals surface area contributed by atoms with Crippen LogP contribution in [0.15, 0.2) is 23.0 Å². The predicted molar refractivity (Wildman–Crippen MR) is 78.6 cm³/mol. The van der Waals surface area contributed by atoms with E-state index in [1.807, 2.05) is 6.07 Å². The van der Waals surface area contributed by atoms with Gasteiger partial charge in [0.2, 0.25) is 10.0 Å². The van der Waals surface area contributed by atoms with Gasteiger partial charge in [-0.1, -0.05) is 0 Å². The zero-order valence-electron chi connectivity index (χ0n) is 12.4. The summed E-state index contributed by atoms with van der Waals surface area (Å²) in [6.45, 7) is 3.54. The number of nitrogens with zero attached hydrogens (tertiary/aromatic N) is 2. The highest BCUT2D eigenvalue weighted by atomic mass is 32.2. The molecule has 8 heteroatoms. The Hall–Kier alpha value is -1.38. The molecule has 2 fully saturated rings. The second-order valence-corrected chi connectivity index (χ2v) is 8.41. The molecule has 0 aliphatic carbocycles. The van der Waals surface area contributed by atoms with E-state index in [1.165, 1.54) is 4.31 Å². The van der Waals surface area contributed by atoms with Gasteiger partial charge in [-0.05, 0) is 13.0 Å². The lowest BCUT2D eigenvalue weighted by atomic mass is 9.81. The number of carbonyl (C=O) groups is 1. The van der Waals surface area contributed by atoms with Gasteiger partial charge < -0.3 is 9.52 Å². The van der Waals surface area contributed by atoms with Crippen molar-refractivity contribution >= 4 is 16.0 Å². The van der Waals surface area contributed by atoms with Crippen LogP contribution >= 0.6 is 0 Å². The lowest BCUT2D eigenvalue weighted by Gasteiger charge is -2.24. The first-order valence-corrected chi connectivity index (χ1v) is 8.93. The third-order valence-corrected chi connectivity index (χ3v) is 6.61. The van der Waals surface area contributed by atoms with E-state index in [1.54, 1.807) is 19.5 Å². The molecule has 3 heterocycles. The van der Waals surface area contributed by atoms with Crippen molar-refractivity contribution in [3.05, 3.63) is 24.2 Å². The first-order valence-electron chi connectivity index (χ1n) is 7.32. The zero-order valence-corrected chi connectivity index (χ0v) is 13.3. The maximum Gasteiger partial charge on any atom is 0.312 e. The number of furan rings is 1. The standard InChI is InChI=1S/C14H20N2O5S/c1-2-22(19,20)16-7-12-6-15(5-11-3-4-21-8-11)9-14(12,10-16)13(17)18/h3-4,8,12H,2,5-7,9-10H2,1H3,(H,17,18)/t12?,14-/m0/s1. The van der Waals surface area contributed by atoms with E-state index in [2.05, 4.69) is 4.90 Å². The number of carboxylic acid groups (broad SMARTS) is 1. The van der Waals surface area contributed by atoms with Crippen LogP contribution in [0.2, 0.25) is 0 Å². The van der Waals surface area contributed by atoms with Crippen LogP contribution in [0, 0.1) is 11.3 Å². The van der Waals surface area contributed by atoms with Gasteiger partial charge >= 0.3 is 5.97 Å². The molecule has 0 bridgehead atoms. The molecule has 0 radical (unpaired) electrons. The molecule has 1 unspecified atom stereocenters. The van der Waals surface area contributed by atoms with Crippen molar-refractivity contribution in [1.29, 1.82) is 0 Å². The van der Waals surface area contributed by atoms with Crippen molar-refractivity contribution in [2.24, 2.45) is 11.3 Å². The summed E-state index contributed by atoms with van der Waals surface area (Å²) in [5, 5.41) is 9.71. The summed E-state index contributed by atoms with van der Waals surface area (Å²) < 4.78 is 30.5. The number of aliphatic carboxylic acids is 1. The quantitative estimate of drug-likeness (QED) is 0.844. The highest BCUT2D eigenvalue weighted by Crippen LogP contribution is 2.44. The fraction of sp³-hybridized carbons (Fsp3) is 0.643. The predicted octanol–water partition coefficient (Wildman–Crippen LogP) is 0.448. The van der Waals surface area contributed by atoms with Crippen LogP contribution in [0.25, 0.3) is 0 Å². The highest BCUT2D eigenvalue weighted by Gasteiger charge is 2.59. The Labute approximate surface area is 129 Å². The zero-order chi connectivity index (χ0) is 16.0. The maximum absolute atomic E-state index is 12.0. The van der Waals surface area contributed by atoms with E-state index >= 15 is 0 Å². The van der Waals surface area contributed by atoms with E-state index in [0.29, 0.717) is 26.2 Å². The normalized spacial score (nSPS) is 29.8. The summed E-state index contributed by atoms with van der Waals surface area (Å²) >= 11 is 0. The minimum absolute atomic E-state index is 0.00809. The molecule has 2 aliphatic rings. The van der Waals surface area contributed by atoms with Gasteiger partial charge in [0, 0.05) is 44.2 Å². The Morgan fingerprint density at radius 3 is 2.77 bits per heavy atom. The molecule has 22 heavy (non-hydrogen) atoms. The first kappa shape index (κ1) is 15.5. The molecule has 122 valence electrons. The molecular formula is C14H20N2O5S. The molecule has 2 atom stereocenters. The Morgan fingerprint density at radius 1 is 1.45 bits per heavy atom. The lowest BCUT2D eigenvalue weighted by molar-refractivity contribution is -0.148. The number of hydrogen-bond donors (Lipinski definition) is 1. The number of hydrogen-bond acceptors (Lipinski definition) is 5. The van der Waals surface area contributed by atoms with Crippen molar-refractivity contribution < 1.29 is 22.7 Å². The third-order valence-electron chi connectivity index (χ3n) is 4.82. The molecule has 0 aromatic carbocycles. The summed E-state index contributed by atoms with van der Waals surface area (Å²) in [7, 11) is -3.34. The largest absolute Gasteiger partial charge is 0.481 e. The van der Waals surface area contributed by atoms with Crippen molar-refractivity contribution in [1.82, 2.24) is 9.21 Å². The van der Waals surface area contributed by atoms with E-state index in [9.17, 15) is 18.3 Å². The van der Waals surface area contributed by atoms with Crippen LogP contribution in [0.5, 0.6) is 0 Å². The number of fused-ring (bicyclic) bond motifs is 1. The number of sulfonamides is 1. The average molecular weight is 328 g/mol. The molecule has 1 aromatic rings. The van der Waals surface area contributed by atoms with Crippen LogP contribution in [-0.4, -0.2) is 60.6 Å². The molecular weight excluding hydrogens is 308 g/mol. The average Bonchev–Trinajstić information content (AvgIpc) is 3.13. The Kier molecular flexibility index (Phi) is 3.78. The SMILES string of the molecule is CCS(=O)(=O)N1CC2CN(Cc3ccoc3)C[C@]2(C(=O)O)C1. The minimum Gasteiger partial charge on any atom is -0.481 e. The first-order chi connectivity index (χ1) is 10.4. The van der Waals surface area contributed by atoms with E-state index in [-0.39, 0.29) is 18.2 Å². The fourth-order valence-electron chi connectivity index (χ4n) is 3.58. The van der Waals surface area contributed by atoms with Crippen LogP contribution in [-0.2, 0) is 21.4 Å². The second kappa shape index (κ2) is 5.36. The summed E-state index contributed by atoms with van der Waals surface area (Å²) in [5.41, 5.74) is 0.00458. The van der Waals surface area contributed by atoms with Gasteiger partial charge in [0.1, 0.15) is 0 Å². The molecule has 0 saturated carbocycles. The Morgan fingerprint density at radius 2 is 2.23 bits per heavy atom. The monoisotopic (exact) mass is 328 g/mol. The smallest absolute Gasteiger partial charge is 0.312 e. The summed E-state index contributed by atoms with van der Waals surface area (Å²) in [6.07, 6.45) is 3.24. The second-order valence-electron chi connectivity index (χ2n) is 6.15. The van der Waals surface area contributed by atoms with Crippen molar-refractivity contribution in [3.63, 3.8) is 0 Å². The number of likely N-dealkylation sites (tertiary alicyclic amines) is 1.